The lowest BCUT2D eigenvalue weighted by Gasteiger charge is -1.97. The molecule has 0 spiro atoms. The molecule has 1 rings (SSSR count). The Kier molecular flexibility index (Phi) is 4.20. The Morgan fingerprint density at radius 3 is 2.94 bits per heavy atom. The van der Waals surface area contributed by atoms with E-state index in [9.17, 15) is 9.59 Å². The van der Waals surface area contributed by atoms with E-state index in [0.29, 0.717) is 6.54 Å². The van der Waals surface area contributed by atoms with Crippen molar-refractivity contribution in [2.24, 2.45) is 0 Å². The van der Waals surface area contributed by atoms with E-state index < -0.39 is 5.97 Å². The van der Waals surface area contributed by atoms with Gasteiger partial charge in [-0.25, -0.2) is 9.78 Å². The lowest BCUT2D eigenvalue weighted by molar-refractivity contribution is -0.118. The SMILES string of the molecule is CC(=O)NCC=Cc1ccnc(C(=O)O)c1. The van der Waals surface area contributed by atoms with Gasteiger partial charge in [0.1, 0.15) is 5.69 Å². The number of aromatic carboxylic acids is 1. The van der Waals surface area contributed by atoms with Gasteiger partial charge in [-0.2, -0.15) is 0 Å². The fourth-order valence-electron chi connectivity index (χ4n) is 1.07. The summed E-state index contributed by atoms with van der Waals surface area (Å²) in [5.41, 5.74) is 0.736. The van der Waals surface area contributed by atoms with Crippen molar-refractivity contribution in [1.82, 2.24) is 10.3 Å². The van der Waals surface area contributed by atoms with Gasteiger partial charge < -0.3 is 10.4 Å². The smallest absolute Gasteiger partial charge is 0.354 e. The highest BCUT2D eigenvalue weighted by atomic mass is 16.4. The van der Waals surface area contributed by atoms with Gasteiger partial charge in [0.15, 0.2) is 0 Å². The van der Waals surface area contributed by atoms with E-state index in [1.807, 2.05) is 0 Å². The Bertz CT molecular complexity index is 427. The first-order chi connectivity index (χ1) is 7.59. The van der Waals surface area contributed by atoms with Crippen molar-refractivity contribution in [1.29, 1.82) is 0 Å². The van der Waals surface area contributed by atoms with Gasteiger partial charge in [0.05, 0.1) is 0 Å². The summed E-state index contributed by atoms with van der Waals surface area (Å²) in [6.45, 7) is 1.85. The van der Waals surface area contributed by atoms with Crippen LogP contribution in [-0.4, -0.2) is 28.5 Å². The quantitative estimate of drug-likeness (QED) is 0.791. The number of hydrogen-bond acceptors (Lipinski definition) is 3. The van der Waals surface area contributed by atoms with Crippen molar-refractivity contribution in [2.75, 3.05) is 6.54 Å². The van der Waals surface area contributed by atoms with Crippen molar-refractivity contribution < 1.29 is 14.7 Å². The second-order valence-electron chi connectivity index (χ2n) is 3.12. The zero-order valence-corrected chi connectivity index (χ0v) is 8.80. The van der Waals surface area contributed by atoms with Crippen LogP contribution in [0.3, 0.4) is 0 Å². The second kappa shape index (κ2) is 5.65. The number of carboxylic acids is 1. The maximum atomic E-state index is 10.6. The minimum atomic E-state index is -1.06. The molecule has 1 aromatic rings. The molecule has 5 heteroatoms. The number of aromatic nitrogens is 1. The molecule has 84 valence electrons. The number of carbonyl (C=O) groups excluding carboxylic acids is 1. The molecule has 1 heterocycles. The average Bonchev–Trinajstić information content (AvgIpc) is 2.24. The number of hydrogen-bond donors (Lipinski definition) is 2. The molecule has 0 aliphatic carbocycles. The van der Waals surface area contributed by atoms with Crippen LogP contribution in [0.1, 0.15) is 23.0 Å². The third kappa shape index (κ3) is 3.91. The molecule has 0 aliphatic heterocycles. The topological polar surface area (TPSA) is 79.3 Å². The van der Waals surface area contributed by atoms with Crippen LogP contribution in [0, 0.1) is 0 Å². The zero-order valence-electron chi connectivity index (χ0n) is 8.80. The number of carboxylic acid groups (broad SMARTS) is 1. The van der Waals surface area contributed by atoms with Gasteiger partial charge in [-0.3, -0.25) is 4.79 Å². The first-order valence-electron chi connectivity index (χ1n) is 4.70. The maximum absolute atomic E-state index is 10.6. The molecule has 0 fully saturated rings. The predicted octanol–water partition coefficient (Wildman–Crippen LogP) is 0.929. The lowest BCUT2D eigenvalue weighted by Crippen LogP contribution is -2.19. The van der Waals surface area contributed by atoms with Crippen LogP contribution in [0.5, 0.6) is 0 Å². The summed E-state index contributed by atoms with van der Waals surface area (Å²) in [5.74, 6) is -1.16. The van der Waals surface area contributed by atoms with Gasteiger partial charge in [-0.05, 0) is 17.7 Å². The zero-order chi connectivity index (χ0) is 12.0. The average molecular weight is 220 g/mol. The molecule has 5 nitrogen and oxygen atoms in total. The molecule has 0 aliphatic rings. The van der Waals surface area contributed by atoms with Crippen LogP contribution in [0.4, 0.5) is 0 Å². The van der Waals surface area contributed by atoms with Gasteiger partial charge >= 0.3 is 5.97 Å². The molecule has 0 saturated heterocycles. The fraction of sp³-hybridized carbons (Fsp3) is 0.182. The molecular weight excluding hydrogens is 208 g/mol. The Hall–Kier alpha value is -2.17. The van der Waals surface area contributed by atoms with Crippen LogP contribution in [0.15, 0.2) is 24.4 Å². The van der Waals surface area contributed by atoms with E-state index in [1.165, 1.54) is 19.2 Å². The molecule has 0 atom stereocenters. The molecule has 1 aromatic heterocycles. The highest BCUT2D eigenvalue weighted by Gasteiger charge is 2.02. The van der Waals surface area contributed by atoms with Gasteiger partial charge in [-0.1, -0.05) is 12.2 Å². The number of carbonyl (C=O) groups is 2. The summed E-state index contributed by atoms with van der Waals surface area (Å²) >= 11 is 0. The van der Waals surface area contributed by atoms with Gasteiger partial charge in [0.2, 0.25) is 5.91 Å². The van der Waals surface area contributed by atoms with Gasteiger partial charge in [0, 0.05) is 19.7 Å². The highest BCUT2D eigenvalue weighted by Crippen LogP contribution is 2.03. The van der Waals surface area contributed by atoms with Crippen molar-refractivity contribution in [3.63, 3.8) is 0 Å². The van der Waals surface area contributed by atoms with Gasteiger partial charge in [0.25, 0.3) is 0 Å². The number of amides is 1. The Morgan fingerprint density at radius 2 is 2.31 bits per heavy atom. The van der Waals surface area contributed by atoms with Crippen molar-refractivity contribution in [3.8, 4) is 0 Å². The van der Waals surface area contributed by atoms with Crippen molar-refractivity contribution in [3.05, 3.63) is 35.7 Å². The predicted molar refractivity (Wildman–Crippen MR) is 58.9 cm³/mol. The van der Waals surface area contributed by atoms with E-state index in [1.54, 1.807) is 18.2 Å². The largest absolute Gasteiger partial charge is 0.477 e. The summed E-state index contributed by atoms with van der Waals surface area (Å²) in [6, 6.07) is 3.16. The Balaban J connectivity index is 2.63. The van der Waals surface area contributed by atoms with E-state index in [0.717, 1.165) is 5.56 Å². The third-order valence-corrected chi connectivity index (χ3v) is 1.78. The first kappa shape index (κ1) is 11.9. The number of pyridine rings is 1. The number of rotatable bonds is 4. The molecular formula is C11H12N2O3. The van der Waals surface area contributed by atoms with Crippen LogP contribution in [0.25, 0.3) is 6.08 Å². The summed E-state index contributed by atoms with van der Waals surface area (Å²) in [6.07, 6.45) is 4.90. The monoisotopic (exact) mass is 220 g/mol. The summed E-state index contributed by atoms with van der Waals surface area (Å²) < 4.78 is 0. The van der Waals surface area contributed by atoms with Crippen LogP contribution in [0.2, 0.25) is 0 Å². The van der Waals surface area contributed by atoms with E-state index in [4.69, 9.17) is 5.11 Å². The standard InChI is InChI=1S/C11H12N2O3/c1-8(14)12-5-2-3-9-4-6-13-10(7-9)11(15)16/h2-4,6-7H,5H2,1H3,(H,12,14)(H,15,16). The molecule has 2 N–H and O–H groups in total. The van der Waals surface area contributed by atoms with Gasteiger partial charge in [-0.15, -0.1) is 0 Å². The molecule has 0 radical (unpaired) electrons. The van der Waals surface area contributed by atoms with Crippen LogP contribution in [-0.2, 0) is 4.79 Å². The molecule has 16 heavy (non-hydrogen) atoms. The number of nitrogens with one attached hydrogen (secondary N) is 1. The van der Waals surface area contributed by atoms with E-state index >= 15 is 0 Å². The molecule has 1 amide bonds. The van der Waals surface area contributed by atoms with E-state index in [-0.39, 0.29) is 11.6 Å². The highest BCUT2D eigenvalue weighted by molar-refractivity contribution is 5.86. The maximum Gasteiger partial charge on any atom is 0.354 e. The summed E-state index contributed by atoms with van der Waals surface area (Å²) in [4.78, 5) is 24.9. The minimum Gasteiger partial charge on any atom is -0.477 e. The van der Waals surface area contributed by atoms with Crippen LogP contribution >= 0.6 is 0 Å². The molecule has 0 bridgehead atoms. The molecule has 0 saturated carbocycles. The lowest BCUT2D eigenvalue weighted by atomic mass is 10.2. The van der Waals surface area contributed by atoms with E-state index in [2.05, 4.69) is 10.3 Å². The third-order valence-electron chi connectivity index (χ3n) is 1.78. The summed E-state index contributed by atoms with van der Waals surface area (Å²) in [7, 11) is 0. The molecule has 0 aromatic carbocycles. The number of nitrogens with zero attached hydrogens (tertiary/aromatic N) is 1. The summed E-state index contributed by atoms with van der Waals surface area (Å²) in [5, 5.41) is 11.3. The first-order valence-corrected chi connectivity index (χ1v) is 4.70. The Labute approximate surface area is 92.8 Å². The van der Waals surface area contributed by atoms with Crippen molar-refractivity contribution >= 4 is 18.0 Å². The molecule has 0 unspecified atom stereocenters. The van der Waals surface area contributed by atoms with Crippen molar-refractivity contribution in [2.45, 2.75) is 6.92 Å². The van der Waals surface area contributed by atoms with Crippen LogP contribution < -0.4 is 5.32 Å². The second-order valence-corrected chi connectivity index (χ2v) is 3.12. The fourth-order valence-corrected chi connectivity index (χ4v) is 1.07. The minimum absolute atomic E-state index is 0.00155. The Morgan fingerprint density at radius 1 is 1.56 bits per heavy atom. The normalized spacial score (nSPS) is 10.3.